The maximum absolute atomic E-state index is 13.4. The zero-order valence-electron chi connectivity index (χ0n) is 7.57. The first kappa shape index (κ1) is 11.0. The maximum Gasteiger partial charge on any atom is 0.128 e. The predicted octanol–water partition coefficient (Wildman–Crippen LogP) is 4.15. The van der Waals surface area contributed by atoms with Crippen LogP contribution in [0.3, 0.4) is 0 Å². The summed E-state index contributed by atoms with van der Waals surface area (Å²) in [7, 11) is 0. The minimum atomic E-state index is -0.239. The van der Waals surface area contributed by atoms with Gasteiger partial charge >= 0.3 is 0 Å². The molecule has 0 fully saturated rings. The normalized spacial score (nSPS) is 11.8. The van der Waals surface area contributed by atoms with Gasteiger partial charge in [-0.1, -0.05) is 47.4 Å². The highest BCUT2D eigenvalue weighted by molar-refractivity contribution is 9.09. The first-order valence-electron chi connectivity index (χ1n) is 3.99. The average Bonchev–Trinajstić information content (AvgIpc) is 2.03. The quantitative estimate of drug-likeness (QED) is 0.705. The molecule has 0 aliphatic heterocycles. The molecule has 0 heterocycles. The Balaban J connectivity index is 3.16. The zero-order chi connectivity index (χ0) is 10.1. The molecule has 0 radical (unpaired) electrons. The lowest BCUT2D eigenvalue weighted by Crippen LogP contribution is -2.20. The van der Waals surface area contributed by atoms with Crippen LogP contribution in [0.2, 0.25) is 5.02 Å². The van der Waals surface area contributed by atoms with Crippen LogP contribution >= 0.6 is 27.5 Å². The van der Waals surface area contributed by atoms with Crippen molar-refractivity contribution in [3.8, 4) is 0 Å². The predicted molar refractivity (Wildman–Crippen MR) is 58.2 cm³/mol. The Kier molecular flexibility index (Phi) is 3.36. The van der Waals surface area contributed by atoms with Crippen molar-refractivity contribution < 1.29 is 4.39 Å². The molecule has 0 N–H and O–H groups in total. The molecule has 0 aliphatic rings. The maximum atomic E-state index is 13.4. The lowest BCUT2D eigenvalue weighted by molar-refractivity contribution is 0.532. The van der Waals surface area contributed by atoms with Crippen LogP contribution in [0.15, 0.2) is 18.2 Å². The van der Waals surface area contributed by atoms with Gasteiger partial charge in [-0.2, -0.15) is 0 Å². The molecule has 0 bridgehead atoms. The third-order valence-electron chi connectivity index (χ3n) is 1.99. The Labute approximate surface area is 91.2 Å². The van der Waals surface area contributed by atoms with Crippen LogP contribution in [0.5, 0.6) is 0 Å². The molecule has 0 nitrogen and oxygen atoms in total. The molecule has 1 aromatic carbocycles. The van der Waals surface area contributed by atoms with Gasteiger partial charge in [-0.3, -0.25) is 0 Å². The van der Waals surface area contributed by atoms with Gasteiger partial charge in [-0.25, -0.2) is 4.39 Å². The molecule has 0 amide bonds. The fourth-order valence-corrected chi connectivity index (χ4v) is 1.57. The summed E-state index contributed by atoms with van der Waals surface area (Å²) in [5.41, 5.74) is 0.489. The number of benzene rings is 1. The number of halogens is 3. The standard InChI is InChI=1S/C10H11BrClF/c1-10(2,6-11)8-4-3-7(12)5-9(8)13/h3-5H,6H2,1-2H3. The first-order valence-corrected chi connectivity index (χ1v) is 5.49. The van der Waals surface area contributed by atoms with E-state index in [0.29, 0.717) is 10.6 Å². The molecule has 3 heteroatoms. The van der Waals surface area contributed by atoms with Crippen molar-refractivity contribution in [2.24, 2.45) is 0 Å². The van der Waals surface area contributed by atoms with Gasteiger partial charge in [0.1, 0.15) is 5.82 Å². The molecule has 1 aromatic rings. The molecule has 13 heavy (non-hydrogen) atoms. The fourth-order valence-electron chi connectivity index (χ4n) is 1.11. The molecule has 0 saturated carbocycles. The van der Waals surface area contributed by atoms with Gasteiger partial charge in [0.05, 0.1) is 0 Å². The van der Waals surface area contributed by atoms with Gasteiger partial charge in [0.25, 0.3) is 0 Å². The second-order valence-corrected chi connectivity index (χ2v) is 4.64. The van der Waals surface area contributed by atoms with Crippen molar-refractivity contribution in [3.05, 3.63) is 34.6 Å². The number of hydrogen-bond acceptors (Lipinski definition) is 0. The van der Waals surface area contributed by atoms with Crippen molar-refractivity contribution in [3.63, 3.8) is 0 Å². The second-order valence-electron chi connectivity index (χ2n) is 3.64. The van der Waals surface area contributed by atoms with Crippen LogP contribution in [0.4, 0.5) is 4.39 Å². The largest absolute Gasteiger partial charge is 0.207 e. The molecule has 0 aliphatic carbocycles. The summed E-state index contributed by atoms with van der Waals surface area (Å²) in [6.45, 7) is 3.96. The summed E-state index contributed by atoms with van der Waals surface area (Å²) in [6.07, 6.45) is 0. The van der Waals surface area contributed by atoms with Gasteiger partial charge in [0.2, 0.25) is 0 Å². The van der Waals surface area contributed by atoms with Crippen LogP contribution in [0.1, 0.15) is 19.4 Å². The van der Waals surface area contributed by atoms with Gasteiger partial charge in [0, 0.05) is 15.8 Å². The Morgan fingerprint density at radius 2 is 2.08 bits per heavy atom. The molecule has 72 valence electrons. The van der Waals surface area contributed by atoms with E-state index >= 15 is 0 Å². The van der Waals surface area contributed by atoms with Gasteiger partial charge in [0.15, 0.2) is 0 Å². The summed E-state index contributed by atoms with van der Waals surface area (Å²) >= 11 is 9.02. The minimum Gasteiger partial charge on any atom is -0.207 e. The smallest absolute Gasteiger partial charge is 0.128 e. The molecular weight excluding hydrogens is 254 g/mol. The van der Waals surface area contributed by atoms with Gasteiger partial charge in [-0.15, -0.1) is 0 Å². The molecule has 1 rings (SSSR count). The Morgan fingerprint density at radius 3 is 2.54 bits per heavy atom. The molecule has 0 atom stereocenters. The van der Waals surface area contributed by atoms with Gasteiger partial charge < -0.3 is 0 Å². The van der Waals surface area contributed by atoms with Gasteiger partial charge in [-0.05, 0) is 17.7 Å². The monoisotopic (exact) mass is 264 g/mol. The van der Waals surface area contributed by atoms with Crippen molar-refractivity contribution >= 4 is 27.5 Å². The fraction of sp³-hybridized carbons (Fsp3) is 0.400. The van der Waals surface area contributed by atoms with Crippen LogP contribution in [-0.2, 0) is 5.41 Å². The van der Waals surface area contributed by atoms with Crippen LogP contribution < -0.4 is 0 Å². The van der Waals surface area contributed by atoms with E-state index in [4.69, 9.17) is 11.6 Å². The van der Waals surface area contributed by atoms with Crippen LogP contribution in [-0.4, -0.2) is 5.33 Å². The van der Waals surface area contributed by atoms with E-state index in [1.807, 2.05) is 13.8 Å². The van der Waals surface area contributed by atoms with Crippen molar-refractivity contribution in [1.82, 2.24) is 0 Å². The van der Waals surface area contributed by atoms with E-state index in [0.717, 1.165) is 5.33 Å². The summed E-state index contributed by atoms with van der Waals surface area (Å²) in [5, 5.41) is 1.16. The van der Waals surface area contributed by atoms with Crippen molar-refractivity contribution in [2.75, 3.05) is 5.33 Å². The SMILES string of the molecule is CC(C)(CBr)c1ccc(Cl)cc1F. The van der Waals surface area contributed by atoms with E-state index in [2.05, 4.69) is 15.9 Å². The summed E-state index contributed by atoms with van der Waals surface area (Å²) in [5.74, 6) is -0.239. The third-order valence-corrected chi connectivity index (χ3v) is 3.63. The lowest BCUT2D eigenvalue weighted by Gasteiger charge is -2.22. The van der Waals surface area contributed by atoms with Crippen LogP contribution in [0, 0.1) is 5.82 Å². The number of rotatable bonds is 2. The summed E-state index contributed by atoms with van der Waals surface area (Å²) in [4.78, 5) is 0. The van der Waals surface area contributed by atoms with E-state index in [1.54, 1.807) is 12.1 Å². The highest BCUT2D eigenvalue weighted by Gasteiger charge is 2.22. The molecule has 0 unspecified atom stereocenters. The Bertz CT molecular complexity index is 310. The Morgan fingerprint density at radius 1 is 1.46 bits per heavy atom. The van der Waals surface area contributed by atoms with Crippen molar-refractivity contribution in [1.29, 1.82) is 0 Å². The molecular formula is C10H11BrClF. The molecule has 0 saturated heterocycles. The molecule has 0 aromatic heterocycles. The highest BCUT2D eigenvalue weighted by atomic mass is 79.9. The second kappa shape index (κ2) is 3.97. The zero-order valence-corrected chi connectivity index (χ0v) is 9.91. The first-order chi connectivity index (χ1) is 5.97. The van der Waals surface area contributed by atoms with E-state index in [1.165, 1.54) is 6.07 Å². The lowest BCUT2D eigenvalue weighted by atomic mass is 9.87. The number of hydrogen-bond donors (Lipinski definition) is 0. The highest BCUT2D eigenvalue weighted by Crippen LogP contribution is 2.29. The summed E-state index contributed by atoms with van der Waals surface area (Å²) in [6, 6.07) is 4.80. The summed E-state index contributed by atoms with van der Waals surface area (Å²) < 4.78 is 13.4. The van der Waals surface area contributed by atoms with E-state index < -0.39 is 0 Å². The Hall–Kier alpha value is -0.0800. The van der Waals surface area contributed by atoms with Crippen molar-refractivity contribution in [2.45, 2.75) is 19.3 Å². The van der Waals surface area contributed by atoms with E-state index in [9.17, 15) is 4.39 Å². The number of alkyl halides is 1. The minimum absolute atomic E-state index is 0.200. The van der Waals surface area contributed by atoms with E-state index in [-0.39, 0.29) is 11.2 Å². The topological polar surface area (TPSA) is 0 Å². The third kappa shape index (κ3) is 2.44. The average molecular weight is 266 g/mol. The van der Waals surface area contributed by atoms with Crippen LogP contribution in [0.25, 0.3) is 0 Å². The molecule has 0 spiro atoms.